The van der Waals surface area contributed by atoms with E-state index >= 15 is 0 Å². The molecule has 6 nitrogen and oxygen atoms in total. The Kier molecular flexibility index (Phi) is 5.90. The normalized spacial score (nSPS) is 10.6. The van der Waals surface area contributed by atoms with E-state index in [9.17, 15) is 0 Å². The lowest BCUT2D eigenvalue weighted by Crippen LogP contribution is -2.17. The van der Waals surface area contributed by atoms with Crippen LogP contribution in [-0.4, -0.2) is 47.0 Å². The molecular weight excluding hydrogens is 264 g/mol. The van der Waals surface area contributed by atoms with E-state index in [1.165, 1.54) is 0 Å². The Hall–Kier alpha value is -2.21. The Balaban J connectivity index is 1.80. The van der Waals surface area contributed by atoms with Crippen LogP contribution in [0.2, 0.25) is 0 Å². The van der Waals surface area contributed by atoms with E-state index in [2.05, 4.69) is 44.6 Å². The van der Waals surface area contributed by atoms with E-state index < -0.39 is 0 Å². The van der Waals surface area contributed by atoms with Crippen molar-refractivity contribution < 1.29 is 0 Å². The fourth-order valence-corrected chi connectivity index (χ4v) is 1.82. The first kappa shape index (κ1) is 15.2. The van der Waals surface area contributed by atoms with Crippen LogP contribution < -0.4 is 10.6 Å². The molecule has 0 saturated heterocycles. The summed E-state index contributed by atoms with van der Waals surface area (Å²) in [7, 11) is 4.14. The van der Waals surface area contributed by atoms with Crippen molar-refractivity contribution in [3.63, 3.8) is 0 Å². The van der Waals surface area contributed by atoms with E-state index in [0.717, 1.165) is 31.0 Å². The first-order valence-electron chi connectivity index (χ1n) is 7.09. The lowest BCUT2D eigenvalue weighted by molar-refractivity contribution is 0.405. The second-order valence-electron chi connectivity index (χ2n) is 5.02. The van der Waals surface area contributed by atoms with Crippen LogP contribution in [0.4, 0.5) is 11.8 Å². The maximum Gasteiger partial charge on any atom is 0.224 e. The molecule has 0 bridgehead atoms. The van der Waals surface area contributed by atoms with Crippen molar-refractivity contribution in [1.29, 1.82) is 0 Å². The Labute approximate surface area is 125 Å². The van der Waals surface area contributed by atoms with Gasteiger partial charge in [0.25, 0.3) is 0 Å². The summed E-state index contributed by atoms with van der Waals surface area (Å²) in [6.45, 7) is 2.56. The molecule has 0 aromatic carbocycles. The molecule has 2 rings (SSSR count). The van der Waals surface area contributed by atoms with Gasteiger partial charge in [0.15, 0.2) is 0 Å². The summed E-state index contributed by atoms with van der Waals surface area (Å²) in [4.78, 5) is 15.1. The molecule has 2 N–H and O–H groups in total. The zero-order chi connectivity index (χ0) is 14.9. The van der Waals surface area contributed by atoms with Gasteiger partial charge in [-0.25, -0.2) is 4.98 Å². The number of aromatic nitrogens is 3. The fourth-order valence-electron chi connectivity index (χ4n) is 1.82. The number of nitrogens with zero attached hydrogens (tertiary/aromatic N) is 4. The standard InChI is InChI=1S/C15H22N6/c1-21(2)11-5-9-17-15-18-10-7-14(20-15)19-12-13-6-3-4-8-16-13/h3-4,6-8,10H,5,9,11-12H2,1-2H3,(H2,17,18,19,20). The molecule has 0 aliphatic carbocycles. The van der Waals surface area contributed by atoms with Gasteiger partial charge in [0.2, 0.25) is 5.95 Å². The average Bonchev–Trinajstić information content (AvgIpc) is 2.51. The van der Waals surface area contributed by atoms with Crippen molar-refractivity contribution in [2.45, 2.75) is 13.0 Å². The minimum absolute atomic E-state index is 0.651. The molecule has 0 saturated carbocycles. The highest BCUT2D eigenvalue weighted by Crippen LogP contribution is 2.07. The summed E-state index contributed by atoms with van der Waals surface area (Å²) in [5, 5.41) is 6.48. The van der Waals surface area contributed by atoms with E-state index in [-0.39, 0.29) is 0 Å². The molecule has 112 valence electrons. The highest BCUT2D eigenvalue weighted by Gasteiger charge is 2.00. The van der Waals surface area contributed by atoms with Crippen molar-refractivity contribution >= 4 is 11.8 Å². The summed E-state index contributed by atoms with van der Waals surface area (Å²) in [6, 6.07) is 7.72. The highest BCUT2D eigenvalue weighted by molar-refractivity contribution is 5.39. The maximum atomic E-state index is 4.43. The number of hydrogen-bond donors (Lipinski definition) is 2. The minimum atomic E-state index is 0.651. The van der Waals surface area contributed by atoms with Crippen LogP contribution in [0.3, 0.4) is 0 Å². The van der Waals surface area contributed by atoms with Crippen LogP contribution in [0.1, 0.15) is 12.1 Å². The molecule has 2 aromatic heterocycles. The predicted molar refractivity (Wildman–Crippen MR) is 85.3 cm³/mol. The zero-order valence-electron chi connectivity index (χ0n) is 12.6. The SMILES string of the molecule is CN(C)CCCNc1nccc(NCc2ccccn2)n1. The molecule has 2 aromatic rings. The largest absolute Gasteiger partial charge is 0.364 e. The molecular formula is C15H22N6. The smallest absolute Gasteiger partial charge is 0.224 e. The van der Waals surface area contributed by atoms with Gasteiger partial charge in [-0.15, -0.1) is 0 Å². The van der Waals surface area contributed by atoms with Gasteiger partial charge in [-0.05, 0) is 45.3 Å². The quantitative estimate of drug-likeness (QED) is 0.722. The summed E-state index contributed by atoms with van der Waals surface area (Å²) in [5.74, 6) is 1.45. The van der Waals surface area contributed by atoms with Gasteiger partial charge in [0, 0.05) is 18.9 Å². The van der Waals surface area contributed by atoms with Crippen LogP contribution >= 0.6 is 0 Å². The molecule has 0 amide bonds. The number of anilines is 2. The van der Waals surface area contributed by atoms with Crippen LogP contribution in [0.5, 0.6) is 0 Å². The van der Waals surface area contributed by atoms with Crippen molar-refractivity contribution in [3.05, 3.63) is 42.4 Å². The van der Waals surface area contributed by atoms with Gasteiger partial charge in [-0.2, -0.15) is 4.98 Å². The van der Waals surface area contributed by atoms with E-state index in [1.807, 2.05) is 24.3 Å². The van der Waals surface area contributed by atoms with Gasteiger partial charge < -0.3 is 15.5 Å². The van der Waals surface area contributed by atoms with E-state index in [1.54, 1.807) is 12.4 Å². The molecule has 0 atom stereocenters. The molecule has 0 aliphatic heterocycles. The van der Waals surface area contributed by atoms with Crippen LogP contribution in [0.15, 0.2) is 36.7 Å². The molecule has 0 fully saturated rings. The Morgan fingerprint density at radius 1 is 1.05 bits per heavy atom. The van der Waals surface area contributed by atoms with Crippen LogP contribution in [0, 0.1) is 0 Å². The Morgan fingerprint density at radius 2 is 1.95 bits per heavy atom. The van der Waals surface area contributed by atoms with Gasteiger partial charge >= 0.3 is 0 Å². The number of rotatable bonds is 8. The molecule has 0 spiro atoms. The van der Waals surface area contributed by atoms with Crippen molar-refractivity contribution in [3.8, 4) is 0 Å². The maximum absolute atomic E-state index is 4.43. The molecule has 0 unspecified atom stereocenters. The van der Waals surface area contributed by atoms with E-state index in [4.69, 9.17) is 0 Å². The van der Waals surface area contributed by atoms with Crippen LogP contribution in [0.25, 0.3) is 0 Å². The van der Waals surface area contributed by atoms with Gasteiger partial charge in [0.05, 0.1) is 12.2 Å². The number of nitrogens with one attached hydrogen (secondary N) is 2. The predicted octanol–water partition coefficient (Wildman–Crippen LogP) is 1.85. The number of pyridine rings is 1. The molecule has 0 radical (unpaired) electrons. The molecule has 6 heteroatoms. The van der Waals surface area contributed by atoms with Gasteiger partial charge in [0.1, 0.15) is 5.82 Å². The lowest BCUT2D eigenvalue weighted by atomic mass is 10.3. The summed E-state index contributed by atoms with van der Waals surface area (Å²) < 4.78 is 0. The van der Waals surface area contributed by atoms with Crippen LogP contribution in [-0.2, 0) is 6.54 Å². The Bertz CT molecular complexity index is 529. The second kappa shape index (κ2) is 8.16. The third-order valence-electron chi connectivity index (χ3n) is 2.90. The Morgan fingerprint density at radius 3 is 2.71 bits per heavy atom. The van der Waals surface area contributed by atoms with Crippen molar-refractivity contribution in [2.24, 2.45) is 0 Å². The molecule has 21 heavy (non-hydrogen) atoms. The van der Waals surface area contributed by atoms with Crippen molar-refractivity contribution in [2.75, 3.05) is 37.8 Å². The minimum Gasteiger partial charge on any atom is -0.364 e. The summed E-state index contributed by atoms with van der Waals surface area (Å²) in [6.07, 6.45) is 4.60. The summed E-state index contributed by atoms with van der Waals surface area (Å²) >= 11 is 0. The molecule has 0 aliphatic rings. The van der Waals surface area contributed by atoms with Gasteiger partial charge in [-0.1, -0.05) is 6.07 Å². The average molecular weight is 286 g/mol. The lowest BCUT2D eigenvalue weighted by Gasteiger charge is -2.10. The zero-order valence-corrected chi connectivity index (χ0v) is 12.6. The number of hydrogen-bond acceptors (Lipinski definition) is 6. The molecule has 2 heterocycles. The first-order valence-corrected chi connectivity index (χ1v) is 7.09. The topological polar surface area (TPSA) is 66.0 Å². The summed E-state index contributed by atoms with van der Waals surface area (Å²) in [5.41, 5.74) is 0.983. The fraction of sp³-hybridized carbons (Fsp3) is 0.400. The third-order valence-corrected chi connectivity index (χ3v) is 2.90. The highest BCUT2D eigenvalue weighted by atomic mass is 15.1. The van der Waals surface area contributed by atoms with E-state index in [0.29, 0.717) is 12.5 Å². The van der Waals surface area contributed by atoms with Crippen molar-refractivity contribution in [1.82, 2.24) is 19.9 Å². The second-order valence-corrected chi connectivity index (χ2v) is 5.02. The first-order chi connectivity index (χ1) is 10.2. The monoisotopic (exact) mass is 286 g/mol. The third kappa shape index (κ3) is 5.74. The van der Waals surface area contributed by atoms with Gasteiger partial charge in [-0.3, -0.25) is 4.98 Å².